The van der Waals surface area contributed by atoms with Gasteiger partial charge in [0.2, 0.25) is 5.91 Å². The highest BCUT2D eigenvalue weighted by Crippen LogP contribution is 2.29. The van der Waals surface area contributed by atoms with Crippen molar-refractivity contribution >= 4 is 11.8 Å². The fourth-order valence-electron chi connectivity index (χ4n) is 5.16. The lowest BCUT2D eigenvalue weighted by Crippen LogP contribution is -2.62. The summed E-state index contributed by atoms with van der Waals surface area (Å²) in [5.74, 6) is 0.999. The highest BCUT2D eigenvalue weighted by Gasteiger charge is 2.46. The lowest BCUT2D eigenvalue weighted by molar-refractivity contribution is -0.176. The molecule has 4 rings (SSSR count). The molecule has 1 spiro atoms. The summed E-state index contributed by atoms with van der Waals surface area (Å²) < 4.78 is 17.7. The molecular weight excluding hydrogens is 434 g/mol. The number of aryl methyl sites for hydroxylation is 1. The van der Waals surface area contributed by atoms with Gasteiger partial charge >= 0.3 is 0 Å². The average Bonchev–Trinajstić information content (AvgIpc) is 2.88. The van der Waals surface area contributed by atoms with Crippen molar-refractivity contribution in [3.8, 4) is 5.75 Å². The van der Waals surface area contributed by atoms with E-state index in [0.717, 1.165) is 57.9 Å². The van der Waals surface area contributed by atoms with Gasteiger partial charge in [-0.05, 0) is 44.2 Å². The first kappa shape index (κ1) is 24.9. The molecule has 8 heteroatoms. The number of morpholine rings is 2. The number of amides is 2. The van der Waals surface area contributed by atoms with E-state index in [4.69, 9.17) is 14.2 Å². The van der Waals surface area contributed by atoms with Crippen molar-refractivity contribution in [2.75, 3.05) is 72.2 Å². The maximum Gasteiger partial charge on any atom is 0.256 e. The molecule has 3 aliphatic heterocycles. The Kier molecular flexibility index (Phi) is 8.80. The topological polar surface area (TPSA) is 71.6 Å². The fourth-order valence-corrected chi connectivity index (χ4v) is 5.16. The summed E-state index contributed by atoms with van der Waals surface area (Å²) in [6, 6.07) is 8.15. The van der Waals surface area contributed by atoms with Crippen LogP contribution >= 0.6 is 0 Å². The van der Waals surface area contributed by atoms with E-state index in [1.165, 1.54) is 5.56 Å². The highest BCUT2D eigenvalue weighted by molar-refractivity contribution is 5.87. The number of hydrogen-bond donors (Lipinski definition) is 0. The SMILES string of the molecule is CCN1CCOc2ccccc2CCCCC2(CN(C(=O)CCN3CCOCC3)CCO2)C1=O. The van der Waals surface area contributed by atoms with E-state index >= 15 is 0 Å². The van der Waals surface area contributed by atoms with Gasteiger partial charge in [0.25, 0.3) is 5.91 Å². The summed E-state index contributed by atoms with van der Waals surface area (Å²) in [6.07, 6.45) is 3.79. The van der Waals surface area contributed by atoms with Crippen molar-refractivity contribution in [3.05, 3.63) is 29.8 Å². The second-order valence-electron chi connectivity index (χ2n) is 9.41. The third kappa shape index (κ3) is 6.09. The van der Waals surface area contributed by atoms with Crippen LogP contribution in [-0.4, -0.2) is 104 Å². The Morgan fingerprint density at radius 2 is 1.85 bits per heavy atom. The number of likely N-dealkylation sites (N-methyl/N-ethyl adjacent to an activating group) is 1. The van der Waals surface area contributed by atoms with Crippen molar-refractivity contribution in [2.45, 2.75) is 44.6 Å². The molecule has 1 aromatic carbocycles. The molecule has 2 saturated heterocycles. The number of carbonyl (C=O) groups excluding carboxylic acids is 2. The molecule has 2 amide bonds. The van der Waals surface area contributed by atoms with Crippen molar-refractivity contribution in [2.24, 2.45) is 0 Å². The Hall–Kier alpha value is -2.16. The van der Waals surface area contributed by atoms with Gasteiger partial charge in [-0.25, -0.2) is 0 Å². The molecule has 0 saturated carbocycles. The minimum absolute atomic E-state index is 0.0156. The van der Waals surface area contributed by atoms with Crippen LogP contribution < -0.4 is 4.74 Å². The molecule has 3 aliphatic rings. The molecule has 0 radical (unpaired) electrons. The van der Waals surface area contributed by atoms with Crippen molar-refractivity contribution in [1.29, 1.82) is 0 Å². The quantitative estimate of drug-likeness (QED) is 0.666. The van der Waals surface area contributed by atoms with Gasteiger partial charge in [0.15, 0.2) is 5.60 Å². The molecule has 1 aromatic rings. The molecule has 1 atom stereocenters. The Bertz CT molecular complexity index is 828. The van der Waals surface area contributed by atoms with Crippen LogP contribution in [0.1, 0.15) is 38.2 Å². The van der Waals surface area contributed by atoms with Crippen molar-refractivity contribution in [3.63, 3.8) is 0 Å². The molecule has 3 heterocycles. The fraction of sp³-hybridized carbons (Fsp3) is 0.692. The number of hydrogen-bond acceptors (Lipinski definition) is 6. The number of carbonyl (C=O) groups is 2. The first-order valence-electron chi connectivity index (χ1n) is 12.8. The van der Waals surface area contributed by atoms with Crippen LogP contribution in [-0.2, 0) is 25.5 Å². The molecular formula is C26H39N3O5. The molecule has 0 bridgehead atoms. The lowest BCUT2D eigenvalue weighted by atomic mass is 9.91. The highest BCUT2D eigenvalue weighted by atomic mass is 16.5. The van der Waals surface area contributed by atoms with Gasteiger partial charge in [-0.1, -0.05) is 18.2 Å². The van der Waals surface area contributed by atoms with E-state index in [0.29, 0.717) is 52.2 Å². The van der Waals surface area contributed by atoms with E-state index < -0.39 is 5.60 Å². The normalized spacial score (nSPS) is 25.3. The summed E-state index contributed by atoms with van der Waals surface area (Å²) in [5, 5.41) is 0. The van der Waals surface area contributed by atoms with Crippen LogP contribution in [0.25, 0.3) is 0 Å². The predicted octanol–water partition coefficient (Wildman–Crippen LogP) is 1.96. The third-order valence-electron chi connectivity index (χ3n) is 7.21. The second-order valence-corrected chi connectivity index (χ2v) is 9.41. The molecule has 188 valence electrons. The Labute approximate surface area is 203 Å². The maximum atomic E-state index is 13.8. The van der Waals surface area contributed by atoms with Crippen LogP contribution in [0.5, 0.6) is 5.75 Å². The van der Waals surface area contributed by atoms with E-state index in [-0.39, 0.29) is 11.8 Å². The minimum Gasteiger partial charge on any atom is -0.491 e. The molecule has 8 nitrogen and oxygen atoms in total. The number of rotatable bonds is 4. The Morgan fingerprint density at radius 3 is 2.68 bits per heavy atom. The summed E-state index contributed by atoms with van der Waals surface area (Å²) in [5.41, 5.74) is 0.234. The Balaban J connectivity index is 1.44. The van der Waals surface area contributed by atoms with E-state index in [1.807, 2.05) is 34.9 Å². The van der Waals surface area contributed by atoms with E-state index in [2.05, 4.69) is 11.0 Å². The molecule has 0 aliphatic carbocycles. The van der Waals surface area contributed by atoms with Gasteiger partial charge in [0.05, 0.1) is 32.9 Å². The first-order chi connectivity index (χ1) is 16.6. The summed E-state index contributed by atoms with van der Waals surface area (Å²) in [4.78, 5) is 32.8. The number of benzene rings is 1. The number of nitrogens with zero attached hydrogens (tertiary/aromatic N) is 3. The van der Waals surface area contributed by atoms with Crippen LogP contribution in [0.4, 0.5) is 0 Å². The predicted molar refractivity (Wildman–Crippen MR) is 129 cm³/mol. The van der Waals surface area contributed by atoms with Gasteiger partial charge in [0, 0.05) is 39.1 Å². The molecule has 34 heavy (non-hydrogen) atoms. The second kappa shape index (κ2) is 12.0. The summed E-state index contributed by atoms with van der Waals surface area (Å²) in [6.45, 7) is 8.71. The standard InChI is InChI=1S/C26H39N3O5/c1-2-28-15-19-33-23-9-4-3-7-22(23)8-5-6-11-26(25(28)31)21-29(16-20-34-26)24(30)10-12-27-13-17-32-18-14-27/h3-4,7,9H,2,5-6,8,10-21H2,1H3. The molecule has 0 aromatic heterocycles. The molecule has 2 fully saturated rings. The van der Waals surface area contributed by atoms with E-state index in [9.17, 15) is 9.59 Å². The maximum absolute atomic E-state index is 13.8. The van der Waals surface area contributed by atoms with Crippen LogP contribution in [0, 0.1) is 0 Å². The van der Waals surface area contributed by atoms with E-state index in [1.54, 1.807) is 0 Å². The van der Waals surface area contributed by atoms with Crippen molar-refractivity contribution in [1.82, 2.24) is 14.7 Å². The molecule has 0 N–H and O–H groups in total. The Morgan fingerprint density at radius 1 is 1.03 bits per heavy atom. The van der Waals surface area contributed by atoms with Crippen LogP contribution in [0.3, 0.4) is 0 Å². The molecule has 1 unspecified atom stereocenters. The largest absolute Gasteiger partial charge is 0.491 e. The summed E-state index contributed by atoms with van der Waals surface area (Å²) in [7, 11) is 0. The smallest absolute Gasteiger partial charge is 0.256 e. The van der Waals surface area contributed by atoms with Gasteiger partial charge < -0.3 is 24.0 Å². The monoisotopic (exact) mass is 473 g/mol. The van der Waals surface area contributed by atoms with Gasteiger partial charge in [-0.2, -0.15) is 0 Å². The average molecular weight is 474 g/mol. The van der Waals surface area contributed by atoms with Gasteiger partial charge in [0.1, 0.15) is 12.4 Å². The third-order valence-corrected chi connectivity index (χ3v) is 7.21. The first-order valence-corrected chi connectivity index (χ1v) is 12.8. The van der Waals surface area contributed by atoms with Crippen LogP contribution in [0.2, 0.25) is 0 Å². The zero-order chi connectivity index (χ0) is 23.8. The lowest BCUT2D eigenvalue weighted by Gasteiger charge is -2.44. The zero-order valence-corrected chi connectivity index (χ0v) is 20.5. The number of ether oxygens (including phenoxy) is 3. The van der Waals surface area contributed by atoms with Gasteiger partial charge in [-0.15, -0.1) is 0 Å². The number of para-hydroxylation sites is 1. The van der Waals surface area contributed by atoms with Crippen LogP contribution in [0.15, 0.2) is 24.3 Å². The zero-order valence-electron chi connectivity index (χ0n) is 20.5. The van der Waals surface area contributed by atoms with Crippen molar-refractivity contribution < 1.29 is 23.8 Å². The minimum atomic E-state index is -0.971. The number of fused-ring (bicyclic) bond motifs is 1. The summed E-state index contributed by atoms with van der Waals surface area (Å²) >= 11 is 0. The van der Waals surface area contributed by atoms with Gasteiger partial charge in [-0.3, -0.25) is 14.5 Å².